The maximum atomic E-state index is 13.6. The lowest BCUT2D eigenvalue weighted by Crippen LogP contribution is -2.72. The van der Waals surface area contributed by atoms with Gasteiger partial charge in [-0.2, -0.15) is 0 Å². The highest BCUT2D eigenvalue weighted by Gasteiger charge is 2.51. The third kappa shape index (κ3) is 5.26. The van der Waals surface area contributed by atoms with Gasteiger partial charge < -0.3 is 14.9 Å². The van der Waals surface area contributed by atoms with E-state index in [1.807, 2.05) is 42.5 Å². The van der Waals surface area contributed by atoms with Crippen molar-refractivity contribution in [3.8, 4) is 0 Å². The molecule has 38 heavy (non-hydrogen) atoms. The number of fused-ring (bicyclic) bond motifs is 2. The zero-order chi connectivity index (χ0) is 26.9. The van der Waals surface area contributed by atoms with Crippen molar-refractivity contribution in [2.24, 2.45) is 0 Å². The van der Waals surface area contributed by atoms with Crippen molar-refractivity contribution >= 4 is 38.6 Å². The Labute approximate surface area is 220 Å². The monoisotopic (exact) mass is 537 g/mol. The first-order valence-corrected chi connectivity index (χ1v) is 13.8. The molecule has 0 aliphatic carbocycles. The number of benzene rings is 3. The molecule has 2 fully saturated rings. The minimum Gasteiger partial charge on any atom is -0.481 e. The van der Waals surface area contributed by atoms with Gasteiger partial charge in [-0.05, 0) is 21.9 Å². The molecule has 2 aliphatic heterocycles. The number of hydrogen-bond donors (Lipinski definition) is 1. The van der Waals surface area contributed by atoms with Crippen molar-refractivity contribution < 1.29 is 32.7 Å². The number of piperazine rings is 1. The number of amides is 2. The van der Waals surface area contributed by atoms with Crippen LogP contribution in [-0.2, 0) is 41.4 Å². The maximum absolute atomic E-state index is 13.6. The van der Waals surface area contributed by atoms with Crippen LogP contribution < -0.4 is 0 Å². The number of carbonyl (C=O) groups is 3. The van der Waals surface area contributed by atoms with Crippen LogP contribution in [0.2, 0.25) is 0 Å². The van der Waals surface area contributed by atoms with Crippen LogP contribution in [0.4, 0.5) is 0 Å². The molecular formula is C27H27N3O7S. The van der Waals surface area contributed by atoms with E-state index >= 15 is 0 Å². The molecule has 2 saturated heterocycles. The van der Waals surface area contributed by atoms with Crippen LogP contribution in [-0.4, -0.2) is 77.5 Å². The minimum absolute atomic E-state index is 0.118. The van der Waals surface area contributed by atoms with Crippen LogP contribution in [0.1, 0.15) is 17.5 Å². The molecule has 0 bridgehead atoms. The topological polar surface area (TPSA) is 125 Å². The van der Waals surface area contributed by atoms with Gasteiger partial charge in [0.15, 0.2) is 0 Å². The molecule has 2 amide bonds. The van der Waals surface area contributed by atoms with Gasteiger partial charge in [0.25, 0.3) is 5.91 Å². The Morgan fingerprint density at radius 2 is 1.66 bits per heavy atom. The van der Waals surface area contributed by atoms with Gasteiger partial charge in [-0.25, -0.2) is 8.42 Å². The fourth-order valence-electron chi connectivity index (χ4n) is 5.02. The predicted molar refractivity (Wildman–Crippen MR) is 138 cm³/mol. The Hall–Kier alpha value is -3.80. The molecule has 0 radical (unpaired) electrons. The summed E-state index contributed by atoms with van der Waals surface area (Å²) >= 11 is 0. The summed E-state index contributed by atoms with van der Waals surface area (Å²) in [6, 6.07) is 21.0. The van der Waals surface area contributed by atoms with Gasteiger partial charge in [-0.1, -0.05) is 77.3 Å². The van der Waals surface area contributed by atoms with E-state index in [9.17, 15) is 27.9 Å². The van der Waals surface area contributed by atoms with Crippen LogP contribution in [0.15, 0.2) is 72.8 Å². The molecule has 0 aromatic heterocycles. The van der Waals surface area contributed by atoms with Gasteiger partial charge in [0.05, 0.1) is 18.7 Å². The highest BCUT2D eigenvalue weighted by Crippen LogP contribution is 2.30. The first kappa shape index (κ1) is 25.8. The largest absolute Gasteiger partial charge is 0.481 e. The zero-order valence-corrected chi connectivity index (χ0v) is 21.3. The molecule has 2 aliphatic rings. The number of carboxylic acids is 1. The Balaban J connectivity index is 1.49. The third-order valence-electron chi connectivity index (χ3n) is 6.79. The Morgan fingerprint density at radius 1 is 0.947 bits per heavy atom. The standard InChI is InChI=1S/C27H27N3O7S/c31-25-17-37-30(38(35,36)18-19-6-2-1-3-7-19)24-16-28(13-12-26(32)33)27(34)23(29(24)25)15-20-10-11-21-8-4-5-9-22(21)14-20/h1-11,14,23-24H,12-13,15-18H2,(H,32,33). The Bertz CT molecular complexity index is 1480. The van der Waals surface area contributed by atoms with Crippen molar-refractivity contribution in [3.63, 3.8) is 0 Å². The maximum Gasteiger partial charge on any atom is 0.305 e. The van der Waals surface area contributed by atoms with E-state index in [4.69, 9.17) is 4.84 Å². The summed E-state index contributed by atoms with van der Waals surface area (Å²) in [5, 5.41) is 11.2. The summed E-state index contributed by atoms with van der Waals surface area (Å²) in [5.41, 5.74) is 1.33. The van der Waals surface area contributed by atoms with E-state index in [1.54, 1.807) is 30.3 Å². The van der Waals surface area contributed by atoms with Gasteiger partial charge in [-0.3, -0.25) is 19.2 Å². The second-order valence-electron chi connectivity index (χ2n) is 9.38. The Morgan fingerprint density at radius 3 is 2.39 bits per heavy atom. The Kier molecular flexibility index (Phi) is 7.15. The van der Waals surface area contributed by atoms with Gasteiger partial charge in [0, 0.05) is 13.0 Å². The number of sulfonamides is 1. The number of carbonyl (C=O) groups excluding carboxylic acids is 2. The number of nitrogens with zero attached hydrogens (tertiary/aromatic N) is 3. The molecule has 5 rings (SSSR count). The van der Waals surface area contributed by atoms with Crippen LogP contribution >= 0.6 is 0 Å². The van der Waals surface area contributed by atoms with Gasteiger partial charge in [-0.15, -0.1) is 0 Å². The summed E-state index contributed by atoms with van der Waals surface area (Å²) in [5.74, 6) is -2.37. The fraction of sp³-hybridized carbons (Fsp3) is 0.296. The number of carboxylic acid groups (broad SMARTS) is 1. The van der Waals surface area contributed by atoms with Crippen LogP contribution in [0.25, 0.3) is 10.8 Å². The van der Waals surface area contributed by atoms with Crippen LogP contribution in [0.5, 0.6) is 0 Å². The van der Waals surface area contributed by atoms with E-state index in [-0.39, 0.29) is 31.7 Å². The van der Waals surface area contributed by atoms with E-state index in [1.165, 1.54) is 9.80 Å². The first-order chi connectivity index (χ1) is 18.2. The van der Waals surface area contributed by atoms with Crippen molar-refractivity contribution in [2.75, 3.05) is 19.7 Å². The third-order valence-corrected chi connectivity index (χ3v) is 8.38. The van der Waals surface area contributed by atoms with E-state index in [0.717, 1.165) is 20.8 Å². The van der Waals surface area contributed by atoms with Crippen molar-refractivity contribution in [2.45, 2.75) is 30.8 Å². The lowest BCUT2D eigenvalue weighted by atomic mass is 9.97. The van der Waals surface area contributed by atoms with Gasteiger partial charge >= 0.3 is 5.97 Å². The van der Waals surface area contributed by atoms with Gasteiger partial charge in [0.1, 0.15) is 18.8 Å². The number of hydrogen-bond acceptors (Lipinski definition) is 6. The minimum atomic E-state index is -4.06. The molecule has 2 unspecified atom stereocenters. The highest BCUT2D eigenvalue weighted by atomic mass is 32.2. The van der Waals surface area contributed by atoms with E-state index in [2.05, 4.69) is 0 Å². The molecule has 3 aromatic carbocycles. The molecule has 11 heteroatoms. The number of rotatable bonds is 8. The number of aliphatic carboxylic acids is 1. The van der Waals surface area contributed by atoms with E-state index in [0.29, 0.717) is 5.56 Å². The normalized spacial score (nSPS) is 20.5. The lowest BCUT2D eigenvalue weighted by molar-refractivity contribution is -0.222. The van der Waals surface area contributed by atoms with Crippen molar-refractivity contribution in [1.82, 2.24) is 14.3 Å². The summed E-state index contributed by atoms with van der Waals surface area (Å²) < 4.78 is 27.7. The zero-order valence-electron chi connectivity index (χ0n) is 20.5. The molecule has 0 saturated carbocycles. The lowest BCUT2D eigenvalue weighted by Gasteiger charge is -2.50. The van der Waals surface area contributed by atoms with Gasteiger partial charge in [0.2, 0.25) is 15.9 Å². The molecular weight excluding hydrogens is 510 g/mol. The van der Waals surface area contributed by atoms with E-state index < -0.39 is 46.6 Å². The summed E-state index contributed by atoms with van der Waals surface area (Å²) in [6.45, 7) is -0.839. The molecule has 0 spiro atoms. The van der Waals surface area contributed by atoms with Crippen LogP contribution in [0.3, 0.4) is 0 Å². The van der Waals surface area contributed by atoms with Crippen molar-refractivity contribution in [3.05, 3.63) is 83.9 Å². The predicted octanol–water partition coefficient (Wildman–Crippen LogP) is 2.00. The molecule has 10 nitrogen and oxygen atoms in total. The molecule has 2 atom stereocenters. The summed E-state index contributed by atoms with van der Waals surface area (Å²) in [4.78, 5) is 46.0. The van der Waals surface area contributed by atoms with Crippen molar-refractivity contribution in [1.29, 1.82) is 0 Å². The molecule has 198 valence electrons. The SMILES string of the molecule is O=C(O)CCN1CC2N(C(=O)CON2S(=O)(=O)Cc2ccccc2)C(Cc2ccc3ccccc3c2)C1=O. The summed E-state index contributed by atoms with van der Waals surface area (Å²) in [6.07, 6.45) is -1.30. The highest BCUT2D eigenvalue weighted by molar-refractivity contribution is 7.88. The second-order valence-corrected chi connectivity index (χ2v) is 11.2. The molecule has 3 aromatic rings. The smallest absolute Gasteiger partial charge is 0.305 e. The summed E-state index contributed by atoms with van der Waals surface area (Å²) in [7, 11) is -4.06. The second kappa shape index (κ2) is 10.5. The average Bonchev–Trinajstić information content (AvgIpc) is 2.89. The average molecular weight is 538 g/mol. The molecule has 1 N–H and O–H groups in total. The number of hydroxylamine groups is 1. The first-order valence-electron chi connectivity index (χ1n) is 12.2. The molecule has 2 heterocycles. The quantitative estimate of drug-likeness (QED) is 0.466. The fourth-order valence-corrected chi connectivity index (χ4v) is 6.51. The van der Waals surface area contributed by atoms with Crippen LogP contribution in [0, 0.1) is 0 Å².